The molecule has 4 aromatic rings. The number of nitrogens with one attached hydrogen (secondary N) is 3. The van der Waals surface area contributed by atoms with E-state index in [-0.39, 0.29) is 0 Å². The van der Waals surface area contributed by atoms with Crippen LogP contribution in [-0.4, -0.2) is 53.7 Å². The molecule has 0 spiro atoms. The molecule has 1 saturated carbocycles. The molecule has 40 heavy (non-hydrogen) atoms. The Morgan fingerprint density at radius 2 is 1.70 bits per heavy atom. The van der Waals surface area contributed by atoms with Gasteiger partial charge < -0.3 is 25.4 Å². The van der Waals surface area contributed by atoms with Crippen molar-refractivity contribution in [3.63, 3.8) is 0 Å². The van der Waals surface area contributed by atoms with Crippen LogP contribution in [-0.2, 0) is 6.54 Å². The first kappa shape index (κ1) is 24.5. The summed E-state index contributed by atoms with van der Waals surface area (Å²) in [5, 5.41) is 14.4. The summed E-state index contributed by atoms with van der Waals surface area (Å²) < 4.78 is 5.58. The van der Waals surface area contributed by atoms with Crippen molar-refractivity contribution in [2.45, 2.75) is 19.4 Å². The van der Waals surface area contributed by atoms with E-state index in [2.05, 4.69) is 56.3 Å². The number of hydrogen-bond acceptors (Lipinski definition) is 9. The molecule has 4 heterocycles. The van der Waals surface area contributed by atoms with Crippen LogP contribution in [0.5, 0.6) is 0 Å². The first-order valence-electron chi connectivity index (χ1n) is 14.0. The van der Waals surface area contributed by atoms with Crippen molar-refractivity contribution in [1.29, 1.82) is 0 Å². The third kappa shape index (κ3) is 5.60. The van der Waals surface area contributed by atoms with Crippen molar-refractivity contribution < 1.29 is 4.52 Å². The third-order valence-electron chi connectivity index (χ3n) is 7.53. The SMILES string of the molecule is C1=C(C2CC2)CN=C1Nc1cc(-c2ccc(N3CCNCC3)cc2)nc(NCc2cc(-c3ccccc3)no2)n1. The Bertz CT molecular complexity index is 1530. The fourth-order valence-electron chi connectivity index (χ4n) is 5.16. The van der Waals surface area contributed by atoms with Crippen LogP contribution in [0.25, 0.3) is 22.5 Å². The maximum absolute atomic E-state index is 5.58. The lowest BCUT2D eigenvalue weighted by Gasteiger charge is -2.29. The first-order chi connectivity index (χ1) is 19.8. The molecule has 2 fully saturated rings. The van der Waals surface area contributed by atoms with Crippen molar-refractivity contribution >= 4 is 23.3 Å². The van der Waals surface area contributed by atoms with E-state index in [4.69, 9.17) is 19.5 Å². The van der Waals surface area contributed by atoms with Gasteiger partial charge in [0.2, 0.25) is 5.95 Å². The predicted molar refractivity (Wildman–Crippen MR) is 159 cm³/mol. The number of benzene rings is 2. The maximum Gasteiger partial charge on any atom is 0.225 e. The number of nitrogens with zero attached hydrogens (tertiary/aromatic N) is 5. The number of rotatable bonds is 8. The van der Waals surface area contributed by atoms with Crippen LogP contribution in [0.15, 0.2) is 87.9 Å². The van der Waals surface area contributed by atoms with Crippen LogP contribution in [0.2, 0.25) is 0 Å². The van der Waals surface area contributed by atoms with Gasteiger partial charge in [-0.3, -0.25) is 4.99 Å². The topological polar surface area (TPSA) is 104 Å². The summed E-state index contributed by atoms with van der Waals surface area (Å²) >= 11 is 0. The minimum absolute atomic E-state index is 0.414. The lowest BCUT2D eigenvalue weighted by molar-refractivity contribution is 0.390. The Kier molecular flexibility index (Phi) is 6.71. The maximum atomic E-state index is 5.58. The Balaban J connectivity index is 1.12. The zero-order chi connectivity index (χ0) is 26.7. The van der Waals surface area contributed by atoms with Crippen molar-refractivity contribution in [1.82, 2.24) is 20.4 Å². The van der Waals surface area contributed by atoms with E-state index in [0.29, 0.717) is 30.0 Å². The van der Waals surface area contributed by atoms with Crippen molar-refractivity contribution in [2.75, 3.05) is 48.3 Å². The summed E-state index contributed by atoms with van der Waals surface area (Å²) in [5.74, 6) is 3.48. The van der Waals surface area contributed by atoms with Gasteiger partial charge in [-0.1, -0.05) is 47.6 Å². The Morgan fingerprint density at radius 3 is 2.50 bits per heavy atom. The molecule has 9 heteroatoms. The molecule has 3 aliphatic rings. The molecule has 0 unspecified atom stereocenters. The van der Waals surface area contributed by atoms with Crippen molar-refractivity contribution in [3.05, 3.63) is 84.1 Å². The molecule has 2 aromatic carbocycles. The summed E-state index contributed by atoms with van der Waals surface area (Å²) in [4.78, 5) is 16.7. The minimum Gasteiger partial charge on any atom is -0.369 e. The molecule has 0 amide bonds. The van der Waals surface area contributed by atoms with Gasteiger partial charge in [-0.15, -0.1) is 0 Å². The molecule has 2 aliphatic heterocycles. The Morgan fingerprint density at radius 1 is 0.900 bits per heavy atom. The first-order valence-corrected chi connectivity index (χ1v) is 14.0. The quantitative estimate of drug-likeness (QED) is 0.292. The smallest absolute Gasteiger partial charge is 0.225 e. The van der Waals surface area contributed by atoms with E-state index in [1.54, 1.807) is 0 Å². The number of aliphatic imine (C=N–C) groups is 1. The summed E-state index contributed by atoms with van der Waals surface area (Å²) in [6, 6.07) is 22.5. The van der Waals surface area contributed by atoms with Crippen LogP contribution < -0.4 is 20.9 Å². The highest BCUT2D eigenvalue weighted by atomic mass is 16.5. The van der Waals surface area contributed by atoms with Crippen LogP contribution in [0, 0.1) is 5.92 Å². The fraction of sp³-hybridized carbons (Fsp3) is 0.290. The van der Waals surface area contributed by atoms with Crippen LogP contribution in [0.4, 0.5) is 17.5 Å². The predicted octanol–water partition coefficient (Wildman–Crippen LogP) is 4.98. The van der Waals surface area contributed by atoms with Gasteiger partial charge in [0.05, 0.1) is 18.8 Å². The number of amidine groups is 1. The Hall–Kier alpha value is -4.50. The third-order valence-corrected chi connectivity index (χ3v) is 7.53. The normalized spacial score (nSPS) is 16.9. The van der Waals surface area contributed by atoms with Crippen LogP contribution in [0.3, 0.4) is 0 Å². The highest BCUT2D eigenvalue weighted by molar-refractivity contribution is 6.05. The van der Waals surface area contributed by atoms with Gasteiger partial charge in [0.1, 0.15) is 17.3 Å². The second-order valence-electron chi connectivity index (χ2n) is 10.5. The summed E-state index contributed by atoms with van der Waals surface area (Å²) in [7, 11) is 0. The lowest BCUT2D eigenvalue weighted by Crippen LogP contribution is -2.43. The van der Waals surface area contributed by atoms with Gasteiger partial charge in [-0.05, 0) is 42.5 Å². The van der Waals surface area contributed by atoms with E-state index in [1.807, 2.05) is 42.5 Å². The number of hydrogen-bond donors (Lipinski definition) is 3. The van der Waals surface area contributed by atoms with Crippen LogP contribution in [0.1, 0.15) is 18.6 Å². The molecule has 7 rings (SSSR count). The summed E-state index contributed by atoms with van der Waals surface area (Å²) in [6.45, 7) is 5.24. The van der Waals surface area contributed by atoms with Crippen molar-refractivity contribution in [3.8, 4) is 22.5 Å². The zero-order valence-electron chi connectivity index (χ0n) is 22.3. The molecule has 2 aromatic heterocycles. The number of piperazine rings is 1. The molecular formula is C31H32N8O. The van der Waals surface area contributed by atoms with E-state index in [1.165, 1.54) is 24.1 Å². The largest absolute Gasteiger partial charge is 0.369 e. The zero-order valence-corrected chi connectivity index (χ0v) is 22.3. The molecule has 3 N–H and O–H groups in total. The van der Waals surface area contributed by atoms with E-state index >= 15 is 0 Å². The number of aromatic nitrogens is 3. The summed E-state index contributed by atoms with van der Waals surface area (Å²) in [5.41, 5.74) is 6.33. The van der Waals surface area contributed by atoms with E-state index in [0.717, 1.165) is 61.1 Å². The molecule has 1 saturated heterocycles. The van der Waals surface area contributed by atoms with E-state index in [9.17, 15) is 0 Å². The standard InChI is InChI=1S/C31H32N8O/c1-2-4-22(5-3-1)28-17-26(40-38-28)20-34-31-35-27(23-8-10-25(11-9-23)39-14-12-32-13-15-39)18-30(37-31)36-29-16-24(19-33-29)21-6-7-21/h1-5,8-11,16-18,21,32H,6-7,12-15,19-20H2,(H2,33,34,35,36,37). The van der Waals surface area contributed by atoms with Gasteiger partial charge in [-0.25, -0.2) is 4.98 Å². The lowest BCUT2D eigenvalue weighted by atomic mass is 10.1. The fourth-order valence-corrected chi connectivity index (χ4v) is 5.16. The van der Waals surface area contributed by atoms with Gasteiger partial charge >= 0.3 is 0 Å². The second-order valence-corrected chi connectivity index (χ2v) is 10.5. The Labute approximate surface area is 233 Å². The van der Waals surface area contributed by atoms with Gasteiger partial charge in [0.25, 0.3) is 0 Å². The van der Waals surface area contributed by atoms with Gasteiger partial charge in [0, 0.05) is 55.1 Å². The molecule has 0 atom stereocenters. The van der Waals surface area contributed by atoms with Gasteiger partial charge in [0.15, 0.2) is 5.76 Å². The van der Waals surface area contributed by atoms with Crippen LogP contribution >= 0.6 is 0 Å². The highest BCUT2D eigenvalue weighted by Gasteiger charge is 2.28. The van der Waals surface area contributed by atoms with E-state index < -0.39 is 0 Å². The molecule has 0 bridgehead atoms. The monoisotopic (exact) mass is 532 g/mol. The molecule has 1 aliphatic carbocycles. The average molecular weight is 533 g/mol. The molecule has 0 radical (unpaired) electrons. The van der Waals surface area contributed by atoms with Crippen molar-refractivity contribution in [2.24, 2.45) is 10.9 Å². The molecular weight excluding hydrogens is 500 g/mol. The highest BCUT2D eigenvalue weighted by Crippen LogP contribution is 2.38. The minimum atomic E-state index is 0.414. The van der Waals surface area contributed by atoms with Gasteiger partial charge in [-0.2, -0.15) is 4.98 Å². The molecule has 202 valence electrons. The second kappa shape index (κ2) is 10.9. The number of anilines is 3. The molecule has 9 nitrogen and oxygen atoms in total. The summed E-state index contributed by atoms with van der Waals surface area (Å²) in [6.07, 6.45) is 4.73. The average Bonchev–Trinajstić information content (AvgIpc) is 3.57.